The first-order valence-electron chi connectivity index (χ1n) is 4.95. The number of nitrogens with two attached hydrogens (primary N) is 1. The molecule has 2 nitrogen and oxygen atoms in total. The Bertz CT molecular complexity index is 328. The third-order valence-corrected chi connectivity index (χ3v) is 2.32. The lowest BCUT2D eigenvalue weighted by Crippen LogP contribution is -2.35. The van der Waals surface area contributed by atoms with Crippen LogP contribution in [-0.4, -0.2) is 12.6 Å². The molecular formula is C11H16F2N2. The summed E-state index contributed by atoms with van der Waals surface area (Å²) in [4.78, 5) is 0. The van der Waals surface area contributed by atoms with E-state index in [1.54, 1.807) is 0 Å². The largest absolute Gasteiger partial charge is 0.329 e. The Morgan fingerprint density at radius 2 is 2.00 bits per heavy atom. The highest BCUT2D eigenvalue weighted by Gasteiger charge is 2.12. The fourth-order valence-corrected chi connectivity index (χ4v) is 1.44. The molecule has 0 aliphatic rings. The predicted octanol–water partition coefficient (Wildman–Crippen LogP) is 1.96. The van der Waals surface area contributed by atoms with Crippen molar-refractivity contribution in [3.8, 4) is 0 Å². The van der Waals surface area contributed by atoms with Gasteiger partial charge in [0.25, 0.3) is 0 Å². The molecule has 0 spiro atoms. The van der Waals surface area contributed by atoms with E-state index in [0.29, 0.717) is 12.1 Å². The first kappa shape index (κ1) is 12.1. The van der Waals surface area contributed by atoms with E-state index in [0.717, 1.165) is 6.07 Å². The Kier molecular flexibility index (Phi) is 4.17. The van der Waals surface area contributed by atoms with Gasteiger partial charge in [0.05, 0.1) is 0 Å². The third-order valence-electron chi connectivity index (χ3n) is 2.32. The van der Waals surface area contributed by atoms with E-state index in [9.17, 15) is 8.78 Å². The number of hydrogen-bond acceptors (Lipinski definition) is 2. The minimum Gasteiger partial charge on any atom is -0.329 e. The monoisotopic (exact) mass is 214 g/mol. The van der Waals surface area contributed by atoms with Crippen LogP contribution in [0.15, 0.2) is 18.2 Å². The molecule has 1 aromatic carbocycles. The maximum Gasteiger partial charge on any atom is 0.130 e. The predicted molar refractivity (Wildman–Crippen MR) is 56.4 cm³/mol. The van der Waals surface area contributed by atoms with Gasteiger partial charge in [0.1, 0.15) is 11.6 Å². The quantitative estimate of drug-likeness (QED) is 0.804. The maximum atomic E-state index is 13.3. The summed E-state index contributed by atoms with van der Waals surface area (Å²) < 4.78 is 26.0. The van der Waals surface area contributed by atoms with E-state index in [1.807, 2.05) is 13.8 Å². The second-order valence-electron chi connectivity index (χ2n) is 3.69. The van der Waals surface area contributed by atoms with Gasteiger partial charge in [-0.05, 0) is 19.9 Å². The van der Waals surface area contributed by atoms with Gasteiger partial charge in [0, 0.05) is 30.3 Å². The molecule has 1 aromatic rings. The summed E-state index contributed by atoms with van der Waals surface area (Å²) in [6.07, 6.45) is 0. The molecule has 0 radical (unpaired) electrons. The van der Waals surface area contributed by atoms with Crippen molar-refractivity contribution in [1.82, 2.24) is 5.32 Å². The van der Waals surface area contributed by atoms with Crippen LogP contribution in [-0.2, 0) is 0 Å². The van der Waals surface area contributed by atoms with Crippen molar-refractivity contribution in [2.45, 2.75) is 25.9 Å². The molecule has 0 saturated heterocycles. The van der Waals surface area contributed by atoms with Gasteiger partial charge in [-0.2, -0.15) is 0 Å². The molecule has 3 N–H and O–H groups in total. The van der Waals surface area contributed by atoms with Crippen LogP contribution in [0.3, 0.4) is 0 Å². The normalized spacial score (nSPS) is 15.0. The number of rotatable bonds is 4. The van der Waals surface area contributed by atoms with E-state index < -0.39 is 11.6 Å². The summed E-state index contributed by atoms with van der Waals surface area (Å²) in [5.41, 5.74) is 5.90. The smallest absolute Gasteiger partial charge is 0.130 e. The van der Waals surface area contributed by atoms with Crippen molar-refractivity contribution in [2.24, 2.45) is 5.73 Å². The van der Waals surface area contributed by atoms with Crippen molar-refractivity contribution in [3.05, 3.63) is 35.4 Å². The highest BCUT2D eigenvalue weighted by atomic mass is 19.1. The standard InChI is InChI=1S/C11H16F2N2/c1-7(6-14)15-8(2)10-4-3-9(12)5-11(10)13/h3-5,7-8,15H,6,14H2,1-2H3. The molecule has 2 atom stereocenters. The summed E-state index contributed by atoms with van der Waals surface area (Å²) in [5.74, 6) is -1.09. The third kappa shape index (κ3) is 3.25. The molecule has 0 aromatic heterocycles. The molecule has 0 heterocycles. The van der Waals surface area contributed by atoms with Crippen LogP contribution in [0.1, 0.15) is 25.5 Å². The van der Waals surface area contributed by atoms with Crippen LogP contribution >= 0.6 is 0 Å². The lowest BCUT2D eigenvalue weighted by Gasteiger charge is -2.19. The molecule has 0 aliphatic heterocycles. The zero-order valence-corrected chi connectivity index (χ0v) is 8.93. The lowest BCUT2D eigenvalue weighted by molar-refractivity contribution is 0.464. The molecule has 0 amide bonds. The van der Waals surface area contributed by atoms with Crippen molar-refractivity contribution in [1.29, 1.82) is 0 Å². The minimum atomic E-state index is -0.560. The van der Waals surface area contributed by atoms with Crippen molar-refractivity contribution in [2.75, 3.05) is 6.54 Å². The first-order valence-corrected chi connectivity index (χ1v) is 4.95. The van der Waals surface area contributed by atoms with Gasteiger partial charge in [-0.25, -0.2) is 8.78 Å². The van der Waals surface area contributed by atoms with Crippen molar-refractivity contribution >= 4 is 0 Å². The summed E-state index contributed by atoms with van der Waals surface area (Å²) in [5, 5.41) is 3.12. The van der Waals surface area contributed by atoms with E-state index in [4.69, 9.17) is 5.73 Å². The summed E-state index contributed by atoms with van der Waals surface area (Å²) >= 11 is 0. The number of nitrogens with one attached hydrogen (secondary N) is 1. The van der Waals surface area contributed by atoms with Crippen molar-refractivity contribution in [3.63, 3.8) is 0 Å². The summed E-state index contributed by atoms with van der Waals surface area (Å²) in [6, 6.07) is 3.52. The first-order chi connectivity index (χ1) is 7.04. The van der Waals surface area contributed by atoms with Gasteiger partial charge >= 0.3 is 0 Å². The fraction of sp³-hybridized carbons (Fsp3) is 0.455. The number of benzene rings is 1. The molecule has 2 unspecified atom stereocenters. The Morgan fingerprint density at radius 3 is 2.53 bits per heavy atom. The van der Waals surface area contributed by atoms with Gasteiger partial charge in [-0.1, -0.05) is 6.07 Å². The lowest BCUT2D eigenvalue weighted by atomic mass is 10.1. The van der Waals surface area contributed by atoms with E-state index in [2.05, 4.69) is 5.32 Å². The highest BCUT2D eigenvalue weighted by Crippen LogP contribution is 2.17. The summed E-state index contributed by atoms with van der Waals surface area (Å²) in [7, 11) is 0. The van der Waals surface area contributed by atoms with Crippen LogP contribution in [0, 0.1) is 11.6 Å². The zero-order chi connectivity index (χ0) is 11.4. The topological polar surface area (TPSA) is 38.0 Å². The van der Waals surface area contributed by atoms with E-state index in [-0.39, 0.29) is 12.1 Å². The molecule has 84 valence electrons. The molecule has 0 bridgehead atoms. The van der Waals surface area contributed by atoms with Crippen LogP contribution in [0.25, 0.3) is 0 Å². The molecule has 4 heteroatoms. The SMILES string of the molecule is CC(CN)NC(C)c1ccc(F)cc1F. The van der Waals surface area contributed by atoms with Crippen LogP contribution in [0.2, 0.25) is 0 Å². The number of hydrogen-bond donors (Lipinski definition) is 2. The van der Waals surface area contributed by atoms with Crippen LogP contribution in [0.5, 0.6) is 0 Å². The second-order valence-corrected chi connectivity index (χ2v) is 3.69. The second kappa shape index (κ2) is 5.19. The van der Waals surface area contributed by atoms with Crippen LogP contribution < -0.4 is 11.1 Å². The Morgan fingerprint density at radius 1 is 1.33 bits per heavy atom. The average Bonchev–Trinajstić information content (AvgIpc) is 2.17. The summed E-state index contributed by atoms with van der Waals surface area (Å²) in [6.45, 7) is 4.22. The molecule has 15 heavy (non-hydrogen) atoms. The Hall–Kier alpha value is -1.00. The number of halogens is 2. The minimum absolute atomic E-state index is 0.101. The van der Waals surface area contributed by atoms with Crippen LogP contribution in [0.4, 0.5) is 8.78 Å². The maximum absolute atomic E-state index is 13.3. The Labute approximate surface area is 88.5 Å². The van der Waals surface area contributed by atoms with E-state index in [1.165, 1.54) is 12.1 Å². The fourth-order valence-electron chi connectivity index (χ4n) is 1.44. The molecule has 0 fully saturated rings. The molecule has 0 aliphatic carbocycles. The molecule has 0 saturated carbocycles. The van der Waals surface area contributed by atoms with Gasteiger partial charge in [-0.3, -0.25) is 0 Å². The van der Waals surface area contributed by atoms with Gasteiger partial charge in [-0.15, -0.1) is 0 Å². The zero-order valence-electron chi connectivity index (χ0n) is 8.93. The molecular weight excluding hydrogens is 198 g/mol. The van der Waals surface area contributed by atoms with Gasteiger partial charge in [0.2, 0.25) is 0 Å². The van der Waals surface area contributed by atoms with Gasteiger partial charge in [0.15, 0.2) is 0 Å². The highest BCUT2D eigenvalue weighted by molar-refractivity contribution is 5.21. The Balaban J connectivity index is 2.77. The van der Waals surface area contributed by atoms with E-state index >= 15 is 0 Å². The van der Waals surface area contributed by atoms with Crippen molar-refractivity contribution < 1.29 is 8.78 Å². The molecule has 1 rings (SSSR count). The van der Waals surface area contributed by atoms with Gasteiger partial charge < -0.3 is 11.1 Å². The average molecular weight is 214 g/mol.